The van der Waals surface area contributed by atoms with Crippen LogP contribution in [0.4, 0.5) is 0 Å². The van der Waals surface area contributed by atoms with Gasteiger partial charge in [-0.15, -0.1) is 12.4 Å². The van der Waals surface area contributed by atoms with Crippen LogP contribution in [-0.2, 0) is 16.4 Å². The molecule has 0 unspecified atom stereocenters. The molecule has 0 atom stereocenters. The predicted molar refractivity (Wildman–Crippen MR) is 66.2 cm³/mol. The highest BCUT2D eigenvalue weighted by molar-refractivity contribution is 6.61. The lowest BCUT2D eigenvalue weighted by atomic mass is 9.85. The normalized spacial score (nSPS) is 21.9. The lowest BCUT2D eigenvalue weighted by Gasteiger charge is -2.32. The van der Waals surface area contributed by atoms with Crippen molar-refractivity contribution in [3.8, 4) is 0 Å². The zero-order chi connectivity index (χ0) is 11.3. The molecule has 0 radical (unpaired) electrons. The first-order valence-electron chi connectivity index (χ1n) is 5.15. The number of nitrogens with zero attached hydrogens (tertiary/aromatic N) is 2. The van der Waals surface area contributed by atoms with Crippen LogP contribution < -0.4 is 5.59 Å². The molecule has 0 bridgehead atoms. The van der Waals surface area contributed by atoms with Crippen molar-refractivity contribution < 1.29 is 9.31 Å². The van der Waals surface area contributed by atoms with Gasteiger partial charge in [0.1, 0.15) is 0 Å². The Labute approximate surface area is 103 Å². The molecule has 16 heavy (non-hydrogen) atoms. The van der Waals surface area contributed by atoms with Crippen LogP contribution in [0.15, 0.2) is 12.5 Å². The van der Waals surface area contributed by atoms with Crippen molar-refractivity contribution in [3.63, 3.8) is 0 Å². The van der Waals surface area contributed by atoms with Crippen molar-refractivity contribution in [3.05, 3.63) is 12.5 Å². The quantitative estimate of drug-likeness (QED) is 0.695. The second-order valence-corrected chi connectivity index (χ2v) is 5.02. The van der Waals surface area contributed by atoms with E-state index in [1.54, 1.807) is 12.5 Å². The van der Waals surface area contributed by atoms with Crippen LogP contribution >= 0.6 is 12.4 Å². The van der Waals surface area contributed by atoms with E-state index in [-0.39, 0.29) is 30.7 Å². The monoisotopic (exact) mass is 244 g/mol. The summed E-state index contributed by atoms with van der Waals surface area (Å²) in [5.74, 6) is 0. The zero-order valence-corrected chi connectivity index (χ0v) is 11.2. The number of aromatic nitrogens is 2. The summed E-state index contributed by atoms with van der Waals surface area (Å²) in [6, 6.07) is 0. The van der Waals surface area contributed by atoms with Gasteiger partial charge in [-0.1, -0.05) is 0 Å². The number of halogens is 1. The summed E-state index contributed by atoms with van der Waals surface area (Å²) in [5.41, 5.74) is 0.373. The Kier molecular flexibility index (Phi) is 3.43. The molecule has 2 heterocycles. The van der Waals surface area contributed by atoms with E-state index in [9.17, 15) is 0 Å². The Balaban J connectivity index is 0.00000128. The second-order valence-electron chi connectivity index (χ2n) is 5.02. The second kappa shape index (κ2) is 4.06. The Morgan fingerprint density at radius 1 is 1.19 bits per heavy atom. The van der Waals surface area contributed by atoms with Gasteiger partial charge in [-0.2, -0.15) is 0 Å². The molecule has 4 nitrogen and oxygen atoms in total. The number of imidazole rings is 1. The van der Waals surface area contributed by atoms with Crippen molar-refractivity contribution in [1.82, 2.24) is 9.55 Å². The zero-order valence-electron chi connectivity index (χ0n) is 10.4. The lowest BCUT2D eigenvalue weighted by Crippen LogP contribution is -2.41. The number of rotatable bonds is 1. The number of hydrogen-bond donors (Lipinski definition) is 0. The first-order chi connectivity index (χ1) is 6.83. The molecule has 6 heteroatoms. The minimum absolute atomic E-state index is 0. The SMILES string of the molecule is Cl.Cn1cncc1B1OC(C)(C)C(C)(C)O1. The molecule has 1 aliphatic rings. The summed E-state index contributed by atoms with van der Waals surface area (Å²) in [5, 5.41) is 0. The van der Waals surface area contributed by atoms with E-state index in [1.807, 2.05) is 39.3 Å². The fourth-order valence-electron chi connectivity index (χ4n) is 1.56. The van der Waals surface area contributed by atoms with Gasteiger partial charge in [0.05, 0.1) is 23.1 Å². The van der Waals surface area contributed by atoms with Gasteiger partial charge in [-0.25, -0.2) is 4.98 Å². The average Bonchev–Trinajstić information content (AvgIpc) is 2.55. The molecule has 0 N–H and O–H groups in total. The third-order valence-electron chi connectivity index (χ3n) is 3.35. The molecule has 0 aromatic carbocycles. The van der Waals surface area contributed by atoms with Crippen LogP contribution in [0.3, 0.4) is 0 Å². The smallest absolute Gasteiger partial charge is 0.398 e. The molecular formula is C10H18BClN2O2. The van der Waals surface area contributed by atoms with Crippen LogP contribution in [0, 0.1) is 0 Å². The fraction of sp³-hybridized carbons (Fsp3) is 0.700. The molecule has 1 fully saturated rings. The van der Waals surface area contributed by atoms with Gasteiger partial charge in [-0.05, 0) is 27.7 Å². The minimum Gasteiger partial charge on any atom is -0.398 e. The molecule has 1 aromatic rings. The molecule has 1 aromatic heterocycles. The molecule has 0 spiro atoms. The van der Waals surface area contributed by atoms with Crippen molar-refractivity contribution in [2.45, 2.75) is 38.9 Å². The summed E-state index contributed by atoms with van der Waals surface area (Å²) >= 11 is 0. The summed E-state index contributed by atoms with van der Waals surface area (Å²) < 4.78 is 13.7. The molecule has 0 aliphatic carbocycles. The first kappa shape index (κ1) is 13.5. The Bertz CT molecular complexity index is 363. The van der Waals surface area contributed by atoms with Crippen LogP contribution in [0.1, 0.15) is 27.7 Å². The summed E-state index contributed by atoms with van der Waals surface area (Å²) in [7, 11) is 1.62. The van der Waals surface area contributed by atoms with Crippen LogP contribution in [0.5, 0.6) is 0 Å². The Morgan fingerprint density at radius 2 is 1.69 bits per heavy atom. The molecule has 2 rings (SSSR count). The van der Waals surface area contributed by atoms with Crippen molar-refractivity contribution >= 4 is 25.1 Å². The van der Waals surface area contributed by atoms with E-state index >= 15 is 0 Å². The predicted octanol–water partition coefficient (Wildman–Crippen LogP) is 1.14. The van der Waals surface area contributed by atoms with Gasteiger partial charge in [0.25, 0.3) is 0 Å². The Hall–Kier alpha value is -0.515. The van der Waals surface area contributed by atoms with Crippen LogP contribution in [0.2, 0.25) is 0 Å². The van der Waals surface area contributed by atoms with Gasteiger partial charge >= 0.3 is 7.12 Å². The average molecular weight is 245 g/mol. The molecule has 1 aliphatic heterocycles. The van der Waals surface area contributed by atoms with Crippen LogP contribution in [-0.4, -0.2) is 27.9 Å². The lowest BCUT2D eigenvalue weighted by molar-refractivity contribution is 0.00578. The summed E-state index contributed by atoms with van der Waals surface area (Å²) in [6.45, 7) is 8.18. The van der Waals surface area contributed by atoms with Crippen molar-refractivity contribution in [2.24, 2.45) is 7.05 Å². The fourth-order valence-corrected chi connectivity index (χ4v) is 1.56. The van der Waals surface area contributed by atoms with Gasteiger partial charge in [-0.3, -0.25) is 0 Å². The van der Waals surface area contributed by atoms with Crippen molar-refractivity contribution in [1.29, 1.82) is 0 Å². The molecule has 0 saturated carbocycles. The number of hydrogen-bond acceptors (Lipinski definition) is 3. The van der Waals surface area contributed by atoms with E-state index < -0.39 is 0 Å². The summed E-state index contributed by atoms with van der Waals surface area (Å²) in [6.07, 6.45) is 3.53. The third kappa shape index (κ3) is 1.99. The first-order valence-corrected chi connectivity index (χ1v) is 5.15. The van der Waals surface area contributed by atoms with E-state index in [0.717, 1.165) is 5.59 Å². The van der Waals surface area contributed by atoms with Gasteiger partial charge in [0, 0.05) is 13.2 Å². The maximum Gasteiger partial charge on any atom is 0.514 e. The highest BCUT2D eigenvalue weighted by Crippen LogP contribution is 2.36. The van der Waals surface area contributed by atoms with Gasteiger partial charge in [0.15, 0.2) is 0 Å². The topological polar surface area (TPSA) is 36.3 Å². The summed E-state index contributed by atoms with van der Waals surface area (Å²) in [4.78, 5) is 4.06. The van der Waals surface area contributed by atoms with E-state index in [1.165, 1.54) is 0 Å². The maximum absolute atomic E-state index is 5.91. The Morgan fingerprint density at radius 3 is 2.06 bits per heavy atom. The third-order valence-corrected chi connectivity index (χ3v) is 3.35. The van der Waals surface area contributed by atoms with Crippen molar-refractivity contribution in [2.75, 3.05) is 0 Å². The minimum atomic E-state index is -0.317. The largest absolute Gasteiger partial charge is 0.514 e. The molecular weight excluding hydrogens is 226 g/mol. The molecule has 0 amide bonds. The van der Waals surface area contributed by atoms with Gasteiger partial charge < -0.3 is 13.9 Å². The van der Waals surface area contributed by atoms with Crippen LogP contribution in [0.25, 0.3) is 0 Å². The van der Waals surface area contributed by atoms with Gasteiger partial charge in [0.2, 0.25) is 0 Å². The van der Waals surface area contributed by atoms with E-state index in [4.69, 9.17) is 9.31 Å². The molecule has 1 saturated heterocycles. The van der Waals surface area contributed by atoms with E-state index in [2.05, 4.69) is 4.98 Å². The highest BCUT2D eigenvalue weighted by atomic mass is 35.5. The highest BCUT2D eigenvalue weighted by Gasteiger charge is 2.52. The number of aryl methyl sites for hydroxylation is 1. The maximum atomic E-state index is 5.91. The van der Waals surface area contributed by atoms with E-state index in [0.29, 0.717) is 0 Å². The standard InChI is InChI=1S/C10H17BN2O2.ClH/c1-9(2)10(3,4)15-11(14-9)8-6-12-7-13(8)5;/h6-7H,1-5H3;1H. The molecule has 90 valence electrons.